The predicted molar refractivity (Wildman–Crippen MR) is 106 cm³/mol. The van der Waals surface area contributed by atoms with Gasteiger partial charge in [0.25, 0.3) is 5.91 Å². The number of carbonyl (C=O) groups excluding carboxylic acids is 1. The summed E-state index contributed by atoms with van der Waals surface area (Å²) < 4.78 is 14.9. The third-order valence-corrected chi connectivity index (χ3v) is 4.31. The molecule has 1 aromatic heterocycles. The lowest BCUT2D eigenvalue weighted by Crippen LogP contribution is -2.15. The average Bonchev–Trinajstić information content (AvgIpc) is 3.08. The molecule has 0 saturated heterocycles. The van der Waals surface area contributed by atoms with E-state index >= 15 is 0 Å². The highest BCUT2D eigenvalue weighted by atomic mass is 19.1. The minimum absolute atomic E-state index is 0.0643. The van der Waals surface area contributed by atoms with Crippen LogP contribution in [0.3, 0.4) is 0 Å². The second-order valence-electron chi connectivity index (χ2n) is 6.88. The van der Waals surface area contributed by atoms with Gasteiger partial charge in [-0.25, -0.2) is 9.07 Å². The number of halogens is 1. The van der Waals surface area contributed by atoms with Crippen LogP contribution in [0.5, 0.6) is 0 Å². The van der Waals surface area contributed by atoms with Crippen LogP contribution in [-0.2, 0) is 0 Å². The number of aromatic nitrogens is 2. The summed E-state index contributed by atoms with van der Waals surface area (Å²) >= 11 is 0. The molecule has 0 fully saturated rings. The van der Waals surface area contributed by atoms with Gasteiger partial charge in [0.05, 0.1) is 23.1 Å². The van der Waals surface area contributed by atoms with Gasteiger partial charge in [0, 0.05) is 25.5 Å². The SMILES string of the molecule is CC(C)c1c(C(=O)Nc2ccc(N(C)C)cc2)cnn1-c1ccc(F)cc1. The summed E-state index contributed by atoms with van der Waals surface area (Å²) in [5.74, 6) is -0.463. The van der Waals surface area contributed by atoms with Crippen molar-refractivity contribution in [3.8, 4) is 5.69 Å². The van der Waals surface area contributed by atoms with Crippen LogP contribution < -0.4 is 10.2 Å². The fourth-order valence-corrected chi connectivity index (χ4v) is 2.92. The first-order valence-corrected chi connectivity index (χ1v) is 8.79. The molecule has 3 aromatic rings. The molecule has 5 nitrogen and oxygen atoms in total. The van der Waals surface area contributed by atoms with E-state index in [0.717, 1.165) is 22.8 Å². The summed E-state index contributed by atoms with van der Waals surface area (Å²) in [4.78, 5) is 14.8. The number of nitrogens with one attached hydrogen (secondary N) is 1. The van der Waals surface area contributed by atoms with Crippen molar-refractivity contribution in [3.05, 3.63) is 71.8 Å². The van der Waals surface area contributed by atoms with Crippen molar-refractivity contribution in [2.24, 2.45) is 0 Å². The van der Waals surface area contributed by atoms with Crippen LogP contribution in [0.25, 0.3) is 5.69 Å². The van der Waals surface area contributed by atoms with Crippen LogP contribution in [0.1, 0.15) is 35.8 Å². The number of rotatable bonds is 5. The Morgan fingerprint density at radius 2 is 1.70 bits per heavy atom. The third-order valence-electron chi connectivity index (χ3n) is 4.31. The van der Waals surface area contributed by atoms with E-state index in [2.05, 4.69) is 10.4 Å². The van der Waals surface area contributed by atoms with Crippen LogP contribution in [0, 0.1) is 5.82 Å². The molecular weight excluding hydrogens is 343 g/mol. The van der Waals surface area contributed by atoms with Gasteiger partial charge in [-0.2, -0.15) is 5.10 Å². The molecule has 140 valence electrons. The van der Waals surface area contributed by atoms with Crippen molar-refractivity contribution >= 4 is 17.3 Å². The molecule has 1 heterocycles. The van der Waals surface area contributed by atoms with E-state index in [9.17, 15) is 9.18 Å². The standard InChI is InChI=1S/C21H23FN4O/c1-14(2)20-19(13-23-26(20)18-9-5-15(22)6-10-18)21(27)24-16-7-11-17(12-8-16)25(3)4/h5-14H,1-4H3,(H,24,27). The van der Waals surface area contributed by atoms with Gasteiger partial charge in [0.15, 0.2) is 0 Å². The zero-order valence-electron chi connectivity index (χ0n) is 15.9. The van der Waals surface area contributed by atoms with Gasteiger partial charge in [-0.1, -0.05) is 13.8 Å². The molecule has 1 amide bonds. The molecule has 1 N–H and O–H groups in total. The predicted octanol–water partition coefficient (Wildman–Crippen LogP) is 4.45. The maximum Gasteiger partial charge on any atom is 0.259 e. The van der Waals surface area contributed by atoms with Gasteiger partial charge in [-0.15, -0.1) is 0 Å². The van der Waals surface area contributed by atoms with Crippen LogP contribution in [-0.4, -0.2) is 29.8 Å². The molecule has 0 atom stereocenters. The molecule has 0 spiro atoms. The number of nitrogens with zero attached hydrogens (tertiary/aromatic N) is 3. The fourth-order valence-electron chi connectivity index (χ4n) is 2.92. The number of hydrogen-bond acceptors (Lipinski definition) is 3. The zero-order valence-corrected chi connectivity index (χ0v) is 15.9. The lowest BCUT2D eigenvalue weighted by Gasteiger charge is -2.14. The summed E-state index contributed by atoms with van der Waals surface area (Å²) in [7, 11) is 3.93. The van der Waals surface area contributed by atoms with Crippen molar-refractivity contribution in [3.63, 3.8) is 0 Å². The van der Waals surface area contributed by atoms with Gasteiger partial charge in [-0.05, 0) is 54.4 Å². The van der Waals surface area contributed by atoms with Crippen LogP contribution >= 0.6 is 0 Å². The van der Waals surface area contributed by atoms with E-state index in [1.54, 1.807) is 23.0 Å². The van der Waals surface area contributed by atoms with E-state index in [1.165, 1.54) is 12.1 Å². The summed E-state index contributed by atoms with van der Waals surface area (Å²) in [6.45, 7) is 4.00. The van der Waals surface area contributed by atoms with E-state index in [4.69, 9.17) is 0 Å². The first-order valence-electron chi connectivity index (χ1n) is 8.79. The molecule has 0 aliphatic heterocycles. The summed E-state index contributed by atoms with van der Waals surface area (Å²) in [5, 5.41) is 7.29. The van der Waals surface area contributed by atoms with Crippen molar-refractivity contribution in [1.82, 2.24) is 9.78 Å². The van der Waals surface area contributed by atoms with E-state index < -0.39 is 0 Å². The lowest BCUT2D eigenvalue weighted by molar-refractivity contribution is 0.102. The van der Waals surface area contributed by atoms with Gasteiger partial charge < -0.3 is 10.2 Å². The molecule has 0 saturated carbocycles. The number of anilines is 2. The first kappa shape index (κ1) is 18.6. The lowest BCUT2D eigenvalue weighted by atomic mass is 10.0. The second-order valence-corrected chi connectivity index (χ2v) is 6.88. The van der Waals surface area contributed by atoms with Crippen molar-refractivity contribution < 1.29 is 9.18 Å². The molecule has 6 heteroatoms. The molecule has 0 aliphatic carbocycles. The van der Waals surface area contributed by atoms with E-state index in [0.29, 0.717) is 5.56 Å². The summed E-state index contributed by atoms with van der Waals surface area (Å²) in [6, 6.07) is 13.7. The molecule has 0 aliphatic rings. The van der Waals surface area contributed by atoms with Gasteiger partial charge in [0.1, 0.15) is 5.82 Å². The largest absolute Gasteiger partial charge is 0.378 e. The maximum atomic E-state index is 13.2. The Kier molecular flexibility index (Phi) is 5.26. The highest BCUT2D eigenvalue weighted by Gasteiger charge is 2.21. The number of hydrogen-bond donors (Lipinski definition) is 1. The maximum absolute atomic E-state index is 13.2. The number of benzene rings is 2. The topological polar surface area (TPSA) is 50.2 Å². The molecular formula is C21H23FN4O. The first-order chi connectivity index (χ1) is 12.9. The van der Waals surface area contributed by atoms with Gasteiger partial charge >= 0.3 is 0 Å². The van der Waals surface area contributed by atoms with Crippen molar-refractivity contribution in [2.75, 3.05) is 24.3 Å². The molecule has 27 heavy (non-hydrogen) atoms. The Morgan fingerprint density at radius 3 is 2.26 bits per heavy atom. The average molecular weight is 366 g/mol. The number of amides is 1. The molecule has 2 aromatic carbocycles. The normalized spacial score (nSPS) is 10.9. The smallest absolute Gasteiger partial charge is 0.259 e. The van der Waals surface area contributed by atoms with E-state index in [-0.39, 0.29) is 17.6 Å². The van der Waals surface area contributed by atoms with Crippen LogP contribution in [0.4, 0.5) is 15.8 Å². The molecule has 0 bridgehead atoms. The zero-order chi connectivity index (χ0) is 19.6. The molecule has 0 unspecified atom stereocenters. The van der Waals surface area contributed by atoms with Gasteiger partial charge in [0.2, 0.25) is 0 Å². The molecule has 3 rings (SSSR count). The quantitative estimate of drug-likeness (QED) is 0.726. The Labute approximate surface area is 158 Å². The van der Waals surface area contributed by atoms with E-state index in [1.807, 2.05) is 57.1 Å². The second kappa shape index (κ2) is 7.61. The highest BCUT2D eigenvalue weighted by Crippen LogP contribution is 2.24. The van der Waals surface area contributed by atoms with Crippen molar-refractivity contribution in [1.29, 1.82) is 0 Å². The van der Waals surface area contributed by atoms with Crippen LogP contribution in [0.2, 0.25) is 0 Å². The Balaban J connectivity index is 1.89. The highest BCUT2D eigenvalue weighted by molar-refractivity contribution is 6.05. The Bertz CT molecular complexity index is 928. The monoisotopic (exact) mass is 366 g/mol. The van der Waals surface area contributed by atoms with Crippen molar-refractivity contribution in [2.45, 2.75) is 19.8 Å². The third kappa shape index (κ3) is 4.00. The molecule has 0 radical (unpaired) electrons. The summed E-state index contributed by atoms with van der Waals surface area (Å²) in [6.07, 6.45) is 1.56. The summed E-state index contributed by atoms with van der Waals surface area (Å²) in [5.41, 5.74) is 3.78. The minimum Gasteiger partial charge on any atom is -0.378 e. The Morgan fingerprint density at radius 1 is 1.07 bits per heavy atom. The Hall–Kier alpha value is -3.15. The van der Waals surface area contributed by atoms with Crippen LogP contribution in [0.15, 0.2) is 54.7 Å². The fraction of sp³-hybridized carbons (Fsp3) is 0.238. The van der Waals surface area contributed by atoms with Gasteiger partial charge in [-0.3, -0.25) is 4.79 Å². The number of carbonyl (C=O) groups is 1. The minimum atomic E-state index is -0.309.